The number of carbonyl (C=O) groups excluding carboxylic acids is 2. The number of non-ortho nitro benzene ring substituents is 1. The van der Waals surface area contributed by atoms with E-state index < -0.39 is 4.92 Å². The predicted molar refractivity (Wildman–Crippen MR) is 97.7 cm³/mol. The molecule has 2 aliphatic rings. The maximum atomic E-state index is 12.8. The second-order valence-corrected chi connectivity index (χ2v) is 6.99. The van der Waals surface area contributed by atoms with Crippen LogP contribution in [0.25, 0.3) is 10.9 Å². The zero-order chi connectivity index (χ0) is 18.7. The molecule has 0 fully saturated rings. The molecule has 1 aromatic heterocycles. The number of H-pyrrole nitrogens is 1. The summed E-state index contributed by atoms with van der Waals surface area (Å²) < 4.78 is 0. The van der Waals surface area contributed by atoms with Gasteiger partial charge in [-0.3, -0.25) is 24.6 Å². The van der Waals surface area contributed by atoms with Gasteiger partial charge in [-0.2, -0.15) is 0 Å². The molecule has 5 rings (SSSR count). The lowest BCUT2D eigenvalue weighted by atomic mass is 9.90. The van der Waals surface area contributed by atoms with Gasteiger partial charge in [-0.15, -0.1) is 0 Å². The van der Waals surface area contributed by atoms with Crippen LogP contribution in [-0.2, 0) is 12.8 Å². The average Bonchev–Trinajstić information content (AvgIpc) is 3.16. The van der Waals surface area contributed by atoms with E-state index >= 15 is 0 Å². The van der Waals surface area contributed by atoms with E-state index in [2.05, 4.69) is 4.98 Å². The summed E-state index contributed by atoms with van der Waals surface area (Å²) in [4.78, 5) is 40.9. The van der Waals surface area contributed by atoms with Crippen LogP contribution in [0, 0.1) is 10.1 Å². The Morgan fingerprint density at radius 2 is 1.78 bits per heavy atom. The number of fused-ring (bicyclic) bond motifs is 4. The number of nitro groups is 1. The standard InChI is InChI=1S/C20H15N3O4/c24-19-13-3-1-2-4-14(13)20(25)22(19)11-5-7-17-15(9-11)16-10-12(23(26)27)6-8-18(16)21-17/h1-4,6,8,10-11,21H,5,7,9H2. The summed E-state index contributed by atoms with van der Waals surface area (Å²) in [6, 6.07) is 11.4. The molecular formula is C20H15N3O4. The van der Waals surface area contributed by atoms with Crippen molar-refractivity contribution in [1.29, 1.82) is 0 Å². The van der Waals surface area contributed by atoms with Gasteiger partial charge in [-0.1, -0.05) is 12.1 Å². The molecular weight excluding hydrogens is 346 g/mol. The van der Waals surface area contributed by atoms with Crippen molar-refractivity contribution in [3.8, 4) is 0 Å². The van der Waals surface area contributed by atoms with Crippen molar-refractivity contribution in [3.05, 3.63) is 75.0 Å². The molecule has 27 heavy (non-hydrogen) atoms. The van der Waals surface area contributed by atoms with E-state index in [0.29, 0.717) is 30.4 Å². The molecule has 0 spiro atoms. The van der Waals surface area contributed by atoms with E-state index in [0.717, 1.165) is 22.2 Å². The summed E-state index contributed by atoms with van der Waals surface area (Å²) in [6.07, 6.45) is 1.87. The largest absolute Gasteiger partial charge is 0.358 e. The number of nitrogens with one attached hydrogen (secondary N) is 1. The van der Waals surface area contributed by atoms with Gasteiger partial charge >= 0.3 is 0 Å². The molecule has 2 amide bonds. The molecule has 7 nitrogen and oxygen atoms in total. The fourth-order valence-electron chi connectivity index (χ4n) is 4.26. The molecule has 3 aromatic rings. The van der Waals surface area contributed by atoms with E-state index in [1.54, 1.807) is 36.4 Å². The van der Waals surface area contributed by atoms with Crippen molar-refractivity contribution in [1.82, 2.24) is 9.88 Å². The topological polar surface area (TPSA) is 96.3 Å². The Hall–Kier alpha value is -3.48. The highest BCUT2D eigenvalue weighted by Crippen LogP contribution is 2.35. The van der Waals surface area contributed by atoms with Crippen LogP contribution in [0.15, 0.2) is 42.5 Å². The highest BCUT2D eigenvalue weighted by atomic mass is 16.6. The molecule has 2 aromatic carbocycles. The number of hydrogen-bond acceptors (Lipinski definition) is 4. The van der Waals surface area contributed by atoms with Crippen molar-refractivity contribution in [3.63, 3.8) is 0 Å². The SMILES string of the molecule is O=C1c2ccccc2C(=O)N1C1CCc2[nH]c3ccc([N+](=O)[O-])cc3c2C1. The molecule has 1 aliphatic carbocycles. The molecule has 1 unspecified atom stereocenters. The molecule has 134 valence electrons. The van der Waals surface area contributed by atoms with Crippen LogP contribution in [0.3, 0.4) is 0 Å². The normalized spacial score (nSPS) is 18.7. The summed E-state index contributed by atoms with van der Waals surface area (Å²) in [6.45, 7) is 0. The van der Waals surface area contributed by atoms with Crippen LogP contribution in [-0.4, -0.2) is 32.7 Å². The molecule has 7 heteroatoms. The van der Waals surface area contributed by atoms with Gasteiger partial charge in [0.25, 0.3) is 17.5 Å². The lowest BCUT2D eigenvalue weighted by Gasteiger charge is -2.29. The smallest absolute Gasteiger partial charge is 0.270 e. The number of nitro benzene ring substituents is 1. The minimum atomic E-state index is -0.413. The Morgan fingerprint density at radius 3 is 2.44 bits per heavy atom. The van der Waals surface area contributed by atoms with Crippen molar-refractivity contribution in [2.24, 2.45) is 0 Å². The van der Waals surface area contributed by atoms with E-state index in [9.17, 15) is 19.7 Å². The predicted octanol–water partition coefficient (Wildman–Crippen LogP) is 3.23. The lowest BCUT2D eigenvalue weighted by molar-refractivity contribution is -0.384. The van der Waals surface area contributed by atoms with Crippen molar-refractivity contribution < 1.29 is 14.5 Å². The number of hydrogen-bond donors (Lipinski definition) is 1. The summed E-state index contributed by atoms with van der Waals surface area (Å²) >= 11 is 0. The maximum Gasteiger partial charge on any atom is 0.270 e. The molecule has 0 radical (unpaired) electrons. The number of benzene rings is 2. The van der Waals surface area contributed by atoms with Crippen LogP contribution in [0.5, 0.6) is 0 Å². The highest BCUT2D eigenvalue weighted by molar-refractivity contribution is 6.21. The molecule has 0 saturated carbocycles. The fourth-order valence-corrected chi connectivity index (χ4v) is 4.26. The first-order chi connectivity index (χ1) is 13.0. The first-order valence-corrected chi connectivity index (χ1v) is 8.79. The molecule has 1 atom stereocenters. The van der Waals surface area contributed by atoms with E-state index in [1.807, 2.05) is 0 Å². The summed E-state index contributed by atoms with van der Waals surface area (Å²) in [5, 5.41) is 11.9. The van der Waals surface area contributed by atoms with Crippen LogP contribution in [0.4, 0.5) is 5.69 Å². The van der Waals surface area contributed by atoms with Crippen LogP contribution in [0.2, 0.25) is 0 Å². The van der Waals surface area contributed by atoms with Crippen LogP contribution >= 0.6 is 0 Å². The van der Waals surface area contributed by atoms with Gasteiger partial charge in [0.05, 0.1) is 16.1 Å². The van der Waals surface area contributed by atoms with Gasteiger partial charge in [0.15, 0.2) is 0 Å². The fraction of sp³-hybridized carbons (Fsp3) is 0.200. The summed E-state index contributed by atoms with van der Waals surface area (Å²) in [7, 11) is 0. The number of aryl methyl sites for hydroxylation is 1. The van der Waals surface area contributed by atoms with Gasteiger partial charge in [-0.25, -0.2) is 0 Å². The van der Waals surface area contributed by atoms with Crippen molar-refractivity contribution >= 4 is 28.4 Å². The first kappa shape index (κ1) is 15.7. The molecule has 2 heterocycles. The zero-order valence-electron chi connectivity index (χ0n) is 14.3. The minimum Gasteiger partial charge on any atom is -0.358 e. The third-order valence-corrected chi connectivity index (χ3v) is 5.55. The number of imide groups is 1. The summed E-state index contributed by atoms with van der Waals surface area (Å²) in [5.74, 6) is -0.509. The summed E-state index contributed by atoms with van der Waals surface area (Å²) in [5.41, 5.74) is 3.76. The molecule has 0 bridgehead atoms. The first-order valence-electron chi connectivity index (χ1n) is 8.79. The Labute approximate surface area is 153 Å². The van der Waals surface area contributed by atoms with Gasteiger partial charge in [0, 0.05) is 34.8 Å². The van der Waals surface area contributed by atoms with Crippen LogP contribution in [0.1, 0.15) is 38.4 Å². The van der Waals surface area contributed by atoms with Crippen LogP contribution < -0.4 is 0 Å². The van der Waals surface area contributed by atoms with Gasteiger partial charge in [0.1, 0.15) is 0 Å². The van der Waals surface area contributed by atoms with E-state index in [-0.39, 0.29) is 23.5 Å². The second kappa shape index (κ2) is 5.51. The number of carbonyl (C=O) groups is 2. The Morgan fingerprint density at radius 1 is 1.07 bits per heavy atom. The third kappa shape index (κ3) is 2.21. The van der Waals surface area contributed by atoms with Gasteiger partial charge < -0.3 is 4.98 Å². The van der Waals surface area contributed by atoms with E-state index in [4.69, 9.17) is 0 Å². The van der Waals surface area contributed by atoms with E-state index in [1.165, 1.54) is 11.0 Å². The molecule has 1 N–H and O–H groups in total. The zero-order valence-corrected chi connectivity index (χ0v) is 14.3. The molecule has 0 saturated heterocycles. The number of rotatable bonds is 2. The number of amides is 2. The number of nitrogens with zero attached hydrogens (tertiary/aromatic N) is 2. The van der Waals surface area contributed by atoms with Gasteiger partial charge in [-0.05, 0) is 43.0 Å². The Bertz CT molecular complexity index is 1110. The monoisotopic (exact) mass is 361 g/mol. The Balaban J connectivity index is 1.54. The lowest BCUT2D eigenvalue weighted by Crippen LogP contribution is -2.43. The number of aromatic nitrogens is 1. The number of aromatic amines is 1. The van der Waals surface area contributed by atoms with Crippen molar-refractivity contribution in [2.45, 2.75) is 25.3 Å². The Kier molecular flexibility index (Phi) is 3.21. The van der Waals surface area contributed by atoms with Gasteiger partial charge in [0.2, 0.25) is 0 Å². The highest BCUT2D eigenvalue weighted by Gasteiger charge is 2.41. The quantitative estimate of drug-likeness (QED) is 0.430. The molecule has 1 aliphatic heterocycles. The third-order valence-electron chi connectivity index (χ3n) is 5.55. The second-order valence-electron chi connectivity index (χ2n) is 6.99. The van der Waals surface area contributed by atoms with Crippen molar-refractivity contribution in [2.75, 3.05) is 0 Å². The minimum absolute atomic E-state index is 0.0344. The average molecular weight is 361 g/mol. The maximum absolute atomic E-state index is 12.8.